The highest BCUT2D eigenvalue weighted by Gasteiger charge is 2.37. The Balaban J connectivity index is 1.73. The Labute approximate surface area is 204 Å². The molecule has 0 saturated heterocycles. The van der Waals surface area contributed by atoms with Crippen LogP contribution >= 0.6 is 23.2 Å². The number of halogens is 2. The number of nitrogens with zero attached hydrogens (tertiary/aromatic N) is 1. The van der Waals surface area contributed by atoms with Crippen molar-refractivity contribution in [2.45, 2.75) is 31.4 Å². The van der Waals surface area contributed by atoms with Crippen molar-refractivity contribution >= 4 is 29.2 Å². The number of carbonyl (C=O) groups is 1. The second-order valence-corrected chi connectivity index (χ2v) is 8.79. The van der Waals surface area contributed by atoms with E-state index in [9.17, 15) is 15.2 Å². The normalized spacial score (nSPS) is 13.4. The van der Waals surface area contributed by atoms with Crippen LogP contribution < -0.4 is 10.6 Å². The topological polar surface area (TPSA) is 85.2 Å². The predicted octanol–water partition coefficient (Wildman–Crippen LogP) is 5.23. The summed E-state index contributed by atoms with van der Waals surface area (Å²) in [5.41, 5.74) is 1.43. The van der Waals surface area contributed by atoms with Crippen LogP contribution in [0.2, 0.25) is 10.0 Å². The molecule has 0 heterocycles. The Bertz CT molecular complexity index is 1130. The molecule has 0 saturated carbocycles. The lowest BCUT2D eigenvalue weighted by molar-refractivity contribution is 0.00620. The molecule has 3 N–H and O–H groups in total. The van der Waals surface area contributed by atoms with E-state index in [-0.39, 0.29) is 12.5 Å². The minimum atomic E-state index is -1.45. The number of carbonyl (C=O) groups excluding carboxylic acids is 1. The SMILES string of the molecule is C[C@H](NC(=O)NCCc1ccc(Cl)cc1)C(O)(Cc1ccc(Cl)cc1)c1cccc(C#N)c1. The molecule has 0 fully saturated rings. The molecule has 3 rings (SSSR count). The molecule has 0 aromatic heterocycles. The van der Waals surface area contributed by atoms with Crippen LogP contribution in [0, 0.1) is 11.3 Å². The van der Waals surface area contributed by atoms with Crippen molar-refractivity contribution in [3.63, 3.8) is 0 Å². The molecule has 33 heavy (non-hydrogen) atoms. The number of nitrogens with one attached hydrogen (secondary N) is 2. The highest BCUT2D eigenvalue weighted by atomic mass is 35.5. The molecule has 0 bridgehead atoms. The van der Waals surface area contributed by atoms with Crippen molar-refractivity contribution in [3.8, 4) is 6.07 Å². The van der Waals surface area contributed by atoms with Crippen molar-refractivity contribution < 1.29 is 9.90 Å². The van der Waals surface area contributed by atoms with E-state index in [1.54, 1.807) is 43.3 Å². The minimum Gasteiger partial charge on any atom is -0.383 e. The molecule has 7 heteroatoms. The van der Waals surface area contributed by atoms with Gasteiger partial charge in [-0.15, -0.1) is 0 Å². The lowest BCUT2D eigenvalue weighted by Crippen LogP contribution is -2.53. The van der Waals surface area contributed by atoms with Crippen LogP contribution in [-0.2, 0) is 18.4 Å². The van der Waals surface area contributed by atoms with Crippen LogP contribution in [0.25, 0.3) is 0 Å². The summed E-state index contributed by atoms with van der Waals surface area (Å²) in [5.74, 6) is 0. The largest absolute Gasteiger partial charge is 0.383 e. The van der Waals surface area contributed by atoms with Crippen LogP contribution in [0.1, 0.15) is 29.2 Å². The molecular formula is C26H25Cl2N3O2. The summed E-state index contributed by atoms with van der Waals surface area (Å²) >= 11 is 11.9. The van der Waals surface area contributed by atoms with E-state index in [1.807, 2.05) is 36.4 Å². The van der Waals surface area contributed by atoms with Gasteiger partial charge in [0.15, 0.2) is 0 Å². The van der Waals surface area contributed by atoms with Crippen LogP contribution in [0.3, 0.4) is 0 Å². The molecular weight excluding hydrogens is 457 g/mol. The molecule has 0 aliphatic carbocycles. The van der Waals surface area contributed by atoms with E-state index >= 15 is 0 Å². The molecule has 2 amide bonds. The zero-order valence-electron chi connectivity index (χ0n) is 18.2. The van der Waals surface area contributed by atoms with E-state index in [4.69, 9.17) is 23.2 Å². The van der Waals surface area contributed by atoms with Crippen molar-refractivity contribution in [1.29, 1.82) is 5.26 Å². The summed E-state index contributed by atoms with van der Waals surface area (Å²) in [4.78, 5) is 12.6. The fourth-order valence-electron chi connectivity index (χ4n) is 3.62. The Kier molecular flexibility index (Phi) is 8.35. The predicted molar refractivity (Wildman–Crippen MR) is 131 cm³/mol. The van der Waals surface area contributed by atoms with Crippen LogP contribution in [-0.4, -0.2) is 23.7 Å². The van der Waals surface area contributed by atoms with E-state index in [0.29, 0.717) is 34.1 Å². The van der Waals surface area contributed by atoms with Gasteiger partial charge < -0.3 is 15.7 Å². The van der Waals surface area contributed by atoms with E-state index < -0.39 is 11.6 Å². The number of benzene rings is 3. The average molecular weight is 482 g/mol. The van der Waals surface area contributed by atoms with Crippen LogP contribution in [0.5, 0.6) is 0 Å². The smallest absolute Gasteiger partial charge is 0.315 e. The first-order valence-corrected chi connectivity index (χ1v) is 11.3. The van der Waals surface area contributed by atoms with Gasteiger partial charge in [-0.25, -0.2) is 4.79 Å². The van der Waals surface area contributed by atoms with Crippen molar-refractivity contribution in [2.75, 3.05) is 6.54 Å². The third-order valence-electron chi connectivity index (χ3n) is 5.55. The lowest BCUT2D eigenvalue weighted by Gasteiger charge is -2.35. The van der Waals surface area contributed by atoms with Gasteiger partial charge in [0.1, 0.15) is 5.60 Å². The molecule has 1 unspecified atom stereocenters. The van der Waals surface area contributed by atoms with Gasteiger partial charge in [-0.1, -0.05) is 59.6 Å². The van der Waals surface area contributed by atoms with Crippen LogP contribution in [0.4, 0.5) is 4.79 Å². The third kappa shape index (κ3) is 6.72. The molecule has 0 radical (unpaired) electrons. The van der Waals surface area contributed by atoms with Gasteiger partial charge in [0.2, 0.25) is 0 Å². The standard InChI is InChI=1S/C26H25Cl2N3O2/c1-18(31-25(32)30-14-13-19-5-9-23(27)10-6-19)26(33,16-20-7-11-24(28)12-8-20)22-4-2-3-21(15-22)17-29/h2-12,15,18,33H,13-14,16H2,1H3,(H2,30,31,32)/t18-,26?/m0/s1. The number of urea groups is 1. The first-order valence-electron chi connectivity index (χ1n) is 10.6. The van der Waals surface area contributed by atoms with Crippen molar-refractivity contribution in [2.24, 2.45) is 0 Å². The molecule has 3 aromatic rings. The lowest BCUT2D eigenvalue weighted by atomic mass is 9.81. The second kappa shape index (κ2) is 11.2. The number of nitriles is 1. The minimum absolute atomic E-state index is 0.227. The third-order valence-corrected chi connectivity index (χ3v) is 6.06. The van der Waals surface area contributed by atoms with Gasteiger partial charge in [0, 0.05) is 23.0 Å². The number of aliphatic hydroxyl groups is 1. The maximum atomic E-state index is 12.6. The fraction of sp³-hybridized carbons (Fsp3) is 0.231. The molecule has 0 spiro atoms. The number of hydrogen-bond donors (Lipinski definition) is 3. The number of hydrogen-bond acceptors (Lipinski definition) is 3. The quantitative estimate of drug-likeness (QED) is 0.411. The first kappa shape index (κ1) is 24.6. The maximum Gasteiger partial charge on any atom is 0.315 e. The van der Waals surface area contributed by atoms with Crippen LogP contribution in [0.15, 0.2) is 72.8 Å². The monoisotopic (exact) mass is 481 g/mol. The van der Waals surface area contributed by atoms with Gasteiger partial charge in [0.05, 0.1) is 17.7 Å². The second-order valence-electron chi connectivity index (χ2n) is 7.92. The highest BCUT2D eigenvalue weighted by molar-refractivity contribution is 6.30. The molecule has 2 atom stereocenters. The molecule has 3 aromatic carbocycles. The number of amides is 2. The fourth-order valence-corrected chi connectivity index (χ4v) is 3.87. The van der Waals surface area contributed by atoms with Gasteiger partial charge in [-0.2, -0.15) is 5.26 Å². The molecule has 5 nitrogen and oxygen atoms in total. The van der Waals surface area contributed by atoms with Gasteiger partial charge in [0.25, 0.3) is 0 Å². The van der Waals surface area contributed by atoms with Gasteiger partial charge in [-0.3, -0.25) is 0 Å². The Hall–Kier alpha value is -3.04. The Morgan fingerprint density at radius 2 is 1.64 bits per heavy atom. The zero-order chi connectivity index (χ0) is 23.8. The first-order chi connectivity index (χ1) is 15.8. The summed E-state index contributed by atoms with van der Waals surface area (Å²) < 4.78 is 0. The summed E-state index contributed by atoms with van der Waals surface area (Å²) in [7, 11) is 0. The van der Waals surface area contributed by atoms with E-state index in [0.717, 1.165) is 11.1 Å². The van der Waals surface area contributed by atoms with Crippen molar-refractivity contribution in [1.82, 2.24) is 10.6 Å². The summed E-state index contributed by atoms with van der Waals surface area (Å²) in [6.45, 7) is 2.17. The van der Waals surface area contributed by atoms with Gasteiger partial charge >= 0.3 is 6.03 Å². The zero-order valence-corrected chi connectivity index (χ0v) is 19.7. The molecule has 0 aliphatic heterocycles. The molecule has 170 valence electrons. The highest BCUT2D eigenvalue weighted by Crippen LogP contribution is 2.31. The Morgan fingerprint density at radius 3 is 2.24 bits per heavy atom. The van der Waals surface area contributed by atoms with Gasteiger partial charge in [-0.05, 0) is 66.4 Å². The van der Waals surface area contributed by atoms with Crippen molar-refractivity contribution in [3.05, 3.63) is 105 Å². The number of rotatable bonds is 8. The summed E-state index contributed by atoms with van der Waals surface area (Å²) in [6.07, 6.45) is 0.878. The summed E-state index contributed by atoms with van der Waals surface area (Å²) in [6, 6.07) is 22.5. The van der Waals surface area contributed by atoms with E-state index in [1.165, 1.54) is 0 Å². The Morgan fingerprint density at radius 1 is 1.03 bits per heavy atom. The maximum absolute atomic E-state index is 12.6. The molecule has 0 aliphatic rings. The summed E-state index contributed by atoms with van der Waals surface area (Å²) in [5, 5.41) is 28.0. The average Bonchev–Trinajstić information content (AvgIpc) is 2.81. The van der Waals surface area contributed by atoms with E-state index in [2.05, 4.69) is 16.7 Å².